The highest BCUT2D eigenvalue weighted by Crippen LogP contribution is 2.22. The Morgan fingerprint density at radius 2 is 1.96 bits per heavy atom. The molecule has 1 amide bonds. The van der Waals surface area contributed by atoms with Crippen molar-refractivity contribution in [2.45, 2.75) is 29.4 Å². The van der Waals surface area contributed by atoms with Gasteiger partial charge in [-0.15, -0.1) is 11.6 Å². The minimum atomic E-state index is -4.51. The van der Waals surface area contributed by atoms with E-state index in [0.29, 0.717) is 0 Å². The second kappa shape index (κ2) is 7.47. The molecule has 1 atom stereocenters. The van der Waals surface area contributed by atoms with Crippen molar-refractivity contribution in [1.82, 2.24) is 0 Å². The van der Waals surface area contributed by atoms with Crippen molar-refractivity contribution in [2.24, 2.45) is 0 Å². The third-order valence-electron chi connectivity index (χ3n) is 2.90. The second-order valence-corrected chi connectivity index (χ2v) is 9.53. The van der Waals surface area contributed by atoms with Gasteiger partial charge in [-0.2, -0.15) is 8.42 Å². The molecule has 0 radical (unpaired) electrons. The Morgan fingerprint density at radius 3 is 2.48 bits per heavy atom. The van der Waals surface area contributed by atoms with Crippen molar-refractivity contribution in [3.05, 3.63) is 18.2 Å². The first kappa shape index (κ1) is 19.7. The Balaban J connectivity index is 2.69. The van der Waals surface area contributed by atoms with Gasteiger partial charge < -0.3 is 11.1 Å². The van der Waals surface area contributed by atoms with Crippen LogP contribution in [0.1, 0.15) is 19.8 Å². The highest BCUT2D eigenvalue weighted by atomic mass is 35.5. The maximum absolute atomic E-state index is 11.7. The van der Waals surface area contributed by atoms with Gasteiger partial charge in [-0.25, -0.2) is 8.42 Å². The molecule has 0 bridgehead atoms. The number of nitrogens with one attached hydrogen (secondary N) is 1. The van der Waals surface area contributed by atoms with E-state index in [-0.39, 0.29) is 30.0 Å². The summed E-state index contributed by atoms with van der Waals surface area (Å²) < 4.78 is 53.2. The van der Waals surface area contributed by atoms with Gasteiger partial charge in [-0.05, 0) is 31.5 Å². The summed E-state index contributed by atoms with van der Waals surface area (Å²) in [6.45, 7) is 1.34. The van der Waals surface area contributed by atoms with Crippen LogP contribution >= 0.6 is 11.6 Å². The highest BCUT2D eigenvalue weighted by Gasteiger charge is 2.19. The summed E-state index contributed by atoms with van der Waals surface area (Å²) in [5.74, 6) is -0.739. The summed E-state index contributed by atoms with van der Waals surface area (Å²) in [6.07, 6.45) is -0.0141. The molecule has 1 aromatic carbocycles. The molecule has 130 valence electrons. The molecule has 0 heterocycles. The third-order valence-corrected chi connectivity index (χ3v) is 6.47. The fourth-order valence-corrected chi connectivity index (χ4v) is 3.44. The molecule has 11 heteroatoms. The van der Waals surface area contributed by atoms with Gasteiger partial charge in [0.2, 0.25) is 5.91 Å². The van der Waals surface area contributed by atoms with Crippen LogP contribution in [0, 0.1) is 0 Å². The van der Waals surface area contributed by atoms with Crippen LogP contribution in [0.25, 0.3) is 0 Å². The molecule has 8 nitrogen and oxygen atoms in total. The summed E-state index contributed by atoms with van der Waals surface area (Å²) in [4.78, 5) is 11.2. The minimum absolute atomic E-state index is 0.0748. The molecule has 4 N–H and O–H groups in total. The molecular weight excluding hydrogens is 368 g/mol. The number of alkyl halides is 1. The fraction of sp³-hybridized carbons (Fsp3) is 0.417. The average molecular weight is 385 g/mol. The summed E-state index contributed by atoms with van der Waals surface area (Å²) >= 11 is 5.51. The van der Waals surface area contributed by atoms with Crippen molar-refractivity contribution in [1.29, 1.82) is 0 Å². The molecule has 23 heavy (non-hydrogen) atoms. The first-order valence-electron chi connectivity index (χ1n) is 6.46. The molecule has 0 aliphatic carbocycles. The average Bonchev–Trinajstić information content (AvgIpc) is 2.39. The van der Waals surface area contributed by atoms with Gasteiger partial charge >= 0.3 is 0 Å². The van der Waals surface area contributed by atoms with E-state index in [1.54, 1.807) is 0 Å². The number of sulfone groups is 1. The number of hydrogen-bond donors (Lipinski definition) is 3. The number of halogens is 1. The molecule has 1 rings (SSSR count). The molecule has 0 fully saturated rings. The van der Waals surface area contributed by atoms with Gasteiger partial charge in [0.1, 0.15) is 9.60 Å². The van der Waals surface area contributed by atoms with Crippen molar-refractivity contribution < 1.29 is 26.2 Å². The fourth-order valence-electron chi connectivity index (χ4n) is 1.66. The van der Waals surface area contributed by atoms with Gasteiger partial charge in [-0.1, -0.05) is 0 Å². The van der Waals surface area contributed by atoms with Crippen LogP contribution in [0.3, 0.4) is 0 Å². The van der Waals surface area contributed by atoms with E-state index < -0.39 is 35.5 Å². The molecule has 0 saturated carbocycles. The summed E-state index contributed by atoms with van der Waals surface area (Å²) in [5, 5.41) is 2.40. The SMILES string of the molecule is CC(Cl)S(=O)(=O)CCCC(=O)Nc1ccc(N)c(S(=O)(=O)O)c1. The molecule has 0 saturated heterocycles. The first-order chi connectivity index (χ1) is 10.4. The number of hydrogen-bond acceptors (Lipinski definition) is 6. The quantitative estimate of drug-likeness (QED) is 0.364. The smallest absolute Gasteiger partial charge is 0.296 e. The molecule has 0 aliphatic rings. The lowest BCUT2D eigenvalue weighted by molar-refractivity contribution is -0.116. The van der Waals surface area contributed by atoms with E-state index in [1.807, 2.05) is 0 Å². The van der Waals surface area contributed by atoms with Crippen LogP contribution in [-0.2, 0) is 24.7 Å². The van der Waals surface area contributed by atoms with Gasteiger partial charge in [0.25, 0.3) is 10.1 Å². The van der Waals surface area contributed by atoms with Crippen molar-refractivity contribution >= 4 is 48.8 Å². The maximum atomic E-state index is 11.7. The van der Waals surface area contributed by atoms with Gasteiger partial charge in [-0.3, -0.25) is 9.35 Å². The number of benzene rings is 1. The Bertz CT molecular complexity index is 790. The van der Waals surface area contributed by atoms with Gasteiger partial charge in [0.15, 0.2) is 9.84 Å². The number of rotatable bonds is 7. The van der Waals surface area contributed by atoms with Crippen molar-refractivity contribution in [2.75, 3.05) is 16.8 Å². The number of carbonyl (C=O) groups excluding carboxylic acids is 1. The van der Waals surface area contributed by atoms with E-state index >= 15 is 0 Å². The number of nitrogens with two attached hydrogens (primary N) is 1. The summed E-state index contributed by atoms with van der Waals surface area (Å²) in [7, 11) is -7.95. The number of carbonyl (C=O) groups is 1. The largest absolute Gasteiger partial charge is 0.398 e. The van der Waals surface area contributed by atoms with E-state index in [9.17, 15) is 21.6 Å². The molecular formula is C12H17ClN2O6S2. The number of anilines is 2. The van der Waals surface area contributed by atoms with E-state index in [0.717, 1.165) is 6.07 Å². The van der Waals surface area contributed by atoms with Gasteiger partial charge in [0, 0.05) is 12.1 Å². The van der Waals surface area contributed by atoms with Crippen LogP contribution in [0.15, 0.2) is 23.1 Å². The Morgan fingerprint density at radius 1 is 1.35 bits per heavy atom. The standard InChI is InChI=1S/C12H17ClN2O6S2/c1-8(13)22(17,18)6-2-3-12(16)15-9-4-5-10(14)11(7-9)23(19,20)21/h4-5,7-8H,2-3,6,14H2,1H3,(H,15,16)(H,19,20,21). The molecule has 1 aromatic rings. The monoisotopic (exact) mass is 384 g/mol. The lowest BCUT2D eigenvalue weighted by Crippen LogP contribution is -2.18. The Kier molecular flexibility index (Phi) is 6.40. The van der Waals surface area contributed by atoms with Crippen LogP contribution in [0.4, 0.5) is 11.4 Å². The highest BCUT2D eigenvalue weighted by molar-refractivity contribution is 7.93. The van der Waals surface area contributed by atoms with Crippen LogP contribution in [0.2, 0.25) is 0 Å². The van der Waals surface area contributed by atoms with E-state index in [1.165, 1.54) is 19.1 Å². The zero-order valence-electron chi connectivity index (χ0n) is 12.2. The second-order valence-electron chi connectivity index (χ2n) is 4.79. The Labute approximate surface area is 139 Å². The molecule has 1 unspecified atom stereocenters. The lowest BCUT2D eigenvalue weighted by atomic mass is 10.2. The minimum Gasteiger partial charge on any atom is -0.398 e. The topological polar surface area (TPSA) is 144 Å². The molecule has 0 aliphatic heterocycles. The molecule has 0 spiro atoms. The van der Waals surface area contributed by atoms with Gasteiger partial charge in [0.05, 0.1) is 11.4 Å². The van der Waals surface area contributed by atoms with Crippen molar-refractivity contribution in [3.8, 4) is 0 Å². The third kappa shape index (κ3) is 5.98. The predicted octanol–water partition coefficient (Wildman–Crippen LogP) is 1.23. The summed E-state index contributed by atoms with van der Waals surface area (Å²) in [6, 6.07) is 3.60. The number of nitrogen functional groups attached to an aromatic ring is 1. The van der Waals surface area contributed by atoms with Crippen molar-refractivity contribution in [3.63, 3.8) is 0 Å². The summed E-state index contributed by atoms with van der Waals surface area (Å²) in [5.41, 5.74) is 5.39. The number of amides is 1. The first-order valence-corrected chi connectivity index (χ1v) is 10.0. The molecule has 0 aromatic heterocycles. The predicted molar refractivity (Wildman–Crippen MR) is 87.6 cm³/mol. The van der Waals surface area contributed by atoms with Crippen LogP contribution in [0.5, 0.6) is 0 Å². The normalized spacial score (nSPS) is 13.5. The van der Waals surface area contributed by atoms with Crippen LogP contribution in [-0.4, -0.2) is 37.8 Å². The maximum Gasteiger partial charge on any atom is 0.296 e. The lowest BCUT2D eigenvalue weighted by Gasteiger charge is -2.09. The zero-order chi connectivity index (χ0) is 17.8. The van der Waals surface area contributed by atoms with Crippen LogP contribution < -0.4 is 11.1 Å². The van der Waals surface area contributed by atoms with E-state index in [2.05, 4.69) is 5.32 Å². The van der Waals surface area contributed by atoms with E-state index in [4.69, 9.17) is 21.9 Å². The zero-order valence-corrected chi connectivity index (χ0v) is 14.6. The Hall–Kier alpha value is -1.36.